The number of fused-ring (bicyclic) bond motifs is 6. The number of para-hydroxylation sites is 2. The lowest BCUT2D eigenvalue weighted by Crippen LogP contribution is -1.95. The van der Waals surface area contributed by atoms with Crippen molar-refractivity contribution >= 4 is 55.1 Å². The summed E-state index contributed by atoms with van der Waals surface area (Å²) < 4.78 is 8.61. The summed E-state index contributed by atoms with van der Waals surface area (Å²) in [6.07, 6.45) is 0. The summed E-state index contributed by atoms with van der Waals surface area (Å²) in [7, 11) is 0. The molecule has 1 N–H and O–H groups in total. The highest BCUT2D eigenvalue weighted by atomic mass is 16.3. The van der Waals surface area contributed by atoms with Crippen molar-refractivity contribution in [3.05, 3.63) is 140 Å². The Kier molecular flexibility index (Phi) is 4.82. The van der Waals surface area contributed by atoms with Gasteiger partial charge in [0.1, 0.15) is 11.2 Å². The van der Waals surface area contributed by atoms with E-state index in [-0.39, 0.29) is 0 Å². The van der Waals surface area contributed by atoms with Crippen molar-refractivity contribution in [3.63, 3.8) is 0 Å². The molecule has 0 radical (unpaired) electrons. The minimum Gasteiger partial charge on any atom is -0.456 e. The molecule has 0 bridgehead atoms. The first-order chi connectivity index (χ1) is 19.3. The third kappa shape index (κ3) is 3.52. The number of anilines is 2. The summed E-state index contributed by atoms with van der Waals surface area (Å²) in [5, 5.41) is 8.41. The largest absolute Gasteiger partial charge is 0.456 e. The zero-order valence-corrected chi connectivity index (χ0v) is 21.1. The van der Waals surface area contributed by atoms with Gasteiger partial charge in [0.25, 0.3) is 0 Å². The van der Waals surface area contributed by atoms with Crippen LogP contribution in [-0.2, 0) is 0 Å². The molecule has 0 saturated carbocycles. The molecule has 2 aromatic heterocycles. The smallest absolute Gasteiger partial charge is 0.137 e. The van der Waals surface area contributed by atoms with Crippen LogP contribution in [0.15, 0.2) is 144 Å². The molecule has 0 fully saturated rings. The van der Waals surface area contributed by atoms with Crippen LogP contribution in [0, 0.1) is 0 Å². The number of nitrogens with one attached hydrogen (secondary N) is 1. The molecule has 39 heavy (non-hydrogen) atoms. The monoisotopic (exact) mass is 500 g/mol. The second-order valence-electron chi connectivity index (χ2n) is 9.90. The quantitative estimate of drug-likeness (QED) is 0.260. The average Bonchev–Trinajstić information content (AvgIpc) is 3.53. The molecule has 8 aromatic rings. The van der Waals surface area contributed by atoms with Crippen molar-refractivity contribution < 1.29 is 4.42 Å². The van der Waals surface area contributed by atoms with Crippen molar-refractivity contribution in [1.29, 1.82) is 0 Å². The SMILES string of the molecule is c1ccc(-c2ccc3oc4cccc(Nc5ccc6c7ccccc7n(-c7ccccc7)c6c5)c4c3c2)cc1. The fraction of sp³-hybridized carbons (Fsp3) is 0. The molecule has 184 valence electrons. The minimum absolute atomic E-state index is 0.875. The van der Waals surface area contributed by atoms with E-state index in [9.17, 15) is 0 Å². The van der Waals surface area contributed by atoms with E-state index < -0.39 is 0 Å². The second kappa shape index (κ2) is 8.64. The first-order valence-corrected chi connectivity index (χ1v) is 13.2. The van der Waals surface area contributed by atoms with Gasteiger partial charge in [-0.05, 0) is 65.7 Å². The molecule has 3 nitrogen and oxygen atoms in total. The maximum absolute atomic E-state index is 6.26. The van der Waals surface area contributed by atoms with E-state index >= 15 is 0 Å². The van der Waals surface area contributed by atoms with Crippen LogP contribution in [0.4, 0.5) is 11.4 Å². The van der Waals surface area contributed by atoms with E-state index in [0.29, 0.717) is 0 Å². The van der Waals surface area contributed by atoms with Gasteiger partial charge in [-0.1, -0.05) is 84.9 Å². The predicted molar refractivity (Wildman–Crippen MR) is 163 cm³/mol. The summed E-state index contributed by atoms with van der Waals surface area (Å²) in [5.74, 6) is 0. The third-order valence-electron chi connectivity index (χ3n) is 7.57. The number of aromatic nitrogens is 1. The number of benzene rings is 6. The summed E-state index contributed by atoms with van der Waals surface area (Å²) in [6.45, 7) is 0. The Morgan fingerprint density at radius 2 is 1.26 bits per heavy atom. The topological polar surface area (TPSA) is 30.1 Å². The van der Waals surface area contributed by atoms with Crippen LogP contribution in [0.1, 0.15) is 0 Å². The molecule has 0 spiro atoms. The Balaban J connectivity index is 1.30. The van der Waals surface area contributed by atoms with Crippen molar-refractivity contribution in [2.24, 2.45) is 0 Å². The van der Waals surface area contributed by atoms with Crippen LogP contribution in [0.25, 0.3) is 60.6 Å². The van der Waals surface area contributed by atoms with Gasteiger partial charge in [-0.15, -0.1) is 0 Å². The highest BCUT2D eigenvalue weighted by molar-refractivity contribution is 6.14. The molecule has 0 aliphatic heterocycles. The summed E-state index contributed by atoms with van der Waals surface area (Å²) in [6, 6.07) is 48.9. The summed E-state index contributed by atoms with van der Waals surface area (Å²) >= 11 is 0. The predicted octanol–water partition coefficient (Wildman–Crippen LogP) is 10.1. The second-order valence-corrected chi connectivity index (χ2v) is 9.90. The lowest BCUT2D eigenvalue weighted by atomic mass is 10.0. The molecule has 6 aromatic carbocycles. The number of rotatable bonds is 4. The van der Waals surface area contributed by atoms with Crippen LogP contribution in [0.2, 0.25) is 0 Å². The van der Waals surface area contributed by atoms with Gasteiger partial charge in [0, 0.05) is 27.5 Å². The number of hydrogen-bond acceptors (Lipinski definition) is 2. The Labute approximate surface area is 225 Å². The molecule has 0 atom stereocenters. The molecular weight excluding hydrogens is 476 g/mol. The van der Waals surface area contributed by atoms with Gasteiger partial charge in [-0.3, -0.25) is 0 Å². The van der Waals surface area contributed by atoms with Crippen molar-refractivity contribution in [3.8, 4) is 16.8 Å². The van der Waals surface area contributed by atoms with Gasteiger partial charge in [-0.2, -0.15) is 0 Å². The minimum atomic E-state index is 0.875. The number of hydrogen-bond donors (Lipinski definition) is 1. The standard InChI is InChI=1S/C36H24N2O/c1-3-10-24(11-4-1)25-18-21-34-30(22-25)36-31(15-9-17-35(36)39-34)37-26-19-20-29-28-14-7-8-16-32(28)38(33(29)23-26)27-12-5-2-6-13-27/h1-23,37H. The third-order valence-corrected chi connectivity index (χ3v) is 7.57. The lowest BCUT2D eigenvalue weighted by Gasteiger charge is -2.11. The average molecular weight is 501 g/mol. The Morgan fingerprint density at radius 1 is 0.487 bits per heavy atom. The van der Waals surface area contributed by atoms with Crippen LogP contribution in [-0.4, -0.2) is 4.57 Å². The number of nitrogens with zero attached hydrogens (tertiary/aromatic N) is 1. The van der Waals surface area contributed by atoms with Gasteiger partial charge < -0.3 is 14.3 Å². The maximum Gasteiger partial charge on any atom is 0.137 e. The fourth-order valence-corrected chi connectivity index (χ4v) is 5.80. The van der Waals surface area contributed by atoms with Crippen molar-refractivity contribution in [2.75, 3.05) is 5.32 Å². The van der Waals surface area contributed by atoms with E-state index in [2.05, 4.69) is 131 Å². The van der Waals surface area contributed by atoms with E-state index in [4.69, 9.17) is 4.42 Å². The van der Waals surface area contributed by atoms with E-state index in [1.807, 2.05) is 18.2 Å². The van der Waals surface area contributed by atoms with E-state index in [1.165, 1.54) is 32.9 Å². The molecule has 0 aliphatic carbocycles. The fourth-order valence-electron chi connectivity index (χ4n) is 5.80. The summed E-state index contributed by atoms with van der Waals surface area (Å²) in [4.78, 5) is 0. The van der Waals surface area contributed by atoms with Crippen LogP contribution < -0.4 is 5.32 Å². The van der Waals surface area contributed by atoms with Gasteiger partial charge in [0.2, 0.25) is 0 Å². The summed E-state index contributed by atoms with van der Waals surface area (Å²) in [5.41, 5.74) is 9.71. The molecule has 2 heterocycles. The van der Waals surface area contributed by atoms with Crippen LogP contribution >= 0.6 is 0 Å². The van der Waals surface area contributed by atoms with E-state index in [0.717, 1.165) is 39.0 Å². The van der Waals surface area contributed by atoms with Gasteiger partial charge in [0.05, 0.1) is 22.1 Å². The zero-order valence-electron chi connectivity index (χ0n) is 21.1. The number of furan rings is 1. The van der Waals surface area contributed by atoms with Crippen molar-refractivity contribution in [1.82, 2.24) is 4.57 Å². The van der Waals surface area contributed by atoms with Gasteiger partial charge >= 0.3 is 0 Å². The van der Waals surface area contributed by atoms with E-state index in [1.54, 1.807) is 0 Å². The normalized spacial score (nSPS) is 11.6. The Hall–Kier alpha value is -5.28. The molecule has 0 aliphatic rings. The van der Waals surface area contributed by atoms with Gasteiger partial charge in [0.15, 0.2) is 0 Å². The highest BCUT2D eigenvalue weighted by Gasteiger charge is 2.15. The molecule has 3 heteroatoms. The molecule has 0 saturated heterocycles. The first-order valence-electron chi connectivity index (χ1n) is 13.2. The van der Waals surface area contributed by atoms with Crippen molar-refractivity contribution in [2.45, 2.75) is 0 Å². The zero-order chi connectivity index (χ0) is 25.8. The Bertz CT molecular complexity index is 2140. The molecule has 0 unspecified atom stereocenters. The molecule has 8 rings (SSSR count). The molecule has 0 amide bonds. The highest BCUT2D eigenvalue weighted by Crippen LogP contribution is 2.39. The van der Waals surface area contributed by atoms with Crippen LogP contribution in [0.5, 0.6) is 0 Å². The lowest BCUT2D eigenvalue weighted by molar-refractivity contribution is 0.669. The Morgan fingerprint density at radius 3 is 2.13 bits per heavy atom. The maximum atomic E-state index is 6.26. The first kappa shape index (κ1) is 21.8. The molecular formula is C36H24N2O. The van der Waals surface area contributed by atoms with Crippen LogP contribution in [0.3, 0.4) is 0 Å². The van der Waals surface area contributed by atoms with Gasteiger partial charge in [-0.25, -0.2) is 0 Å².